The number of rotatable bonds is 5. The molecule has 0 radical (unpaired) electrons. The molecule has 0 saturated carbocycles. The van der Waals surface area contributed by atoms with E-state index >= 15 is 0 Å². The summed E-state index contributed by atoms with van der Waals surface area (Å²) < 4.78 is 0. The number of aryl methyl sites for hydroxylation is 1. The van der Waals surface area contributed by atoms with Crippen LogP contribution in [0, 0.1) is 5.92 Å². The average Bonchev–Trinajstić information content (AvgIpc) is 2.79. The molecule has 1 heterocycles. The molecule has 1 atom stereocenters. The van der Waals surface area contributed by atoms with Crippen LogP contribution in [0.15, 0.2) is 34.3 Å². The van der Waals surface area contributed by atoms with Gasteiger partial charge in [0, 0.05) is 5.92 Å². The predicted molar refractivity (Wildman–Crippen MR) is 80.1 cm³/mol. The normalized spacial score (nSPS) is 16.2. The monoisotopic (exact) mass is 276 g/mol. The van der Waals surface area contributed by atoms with Crippen molar-refractivity contribution in [3.8, 4) is 5.75 Å². The van der Waals surface area contributed by atoms with Gasteiger partial charge in [0.15, 0.2) is 0 Å². The Morgan fingerprint density at radius 3 is 2.53 bits per heavy atom. The van der Waals surface area contributed by atoms with Crippen molar-refractivity contribution in [2.24, 2.45) is 15.9 Å². The van der Waals surface area contributed by atoms with Gasteiger partial charge in [-0.15, -0.1) is 0 Å². The largest absolute Gasteiger partial charge is 0.508 e. The van der Waals surface area contributed by atoms with E-state index in [9.17, 15) is 10.2 Å². The maximum Gasteiger partial charge on any atom is 0.219 e. The summed E-state index contributed by atoms with van der Waals surface area (Å²) in [6.07, 6.45) is 1.77. The summed E-state index contributed by atoms with van der Waals surface area (Å²) in [7, 11) is 0. The van der Waals surface area contributed by atoms with Crippen molar-refractivity contribution in [2.75, 3.05) is 6.61 Å². The first-order chi connectivity index (χ1) is 9.10. The second-order valence-electron chi connectivity index (χ2n) is 4.60. The van der Waals surface area contributed by atoms with Crippen LogP contribution in [0.2, 0.25) is 0 Å². The van der Waals surface area contributed by atoms with E-state index in [1.54, 1.807) is 12.1 Å². The Morgan fingerprint density at radius 2 is 1.89 bits per heavy atom. The van der Waals surface area contributed by atoms with Crippen LogP contribution >= 0.6 is 12.2 Å². The van der Waals surface area contributed by atoms with Crippen LogP contribution in [0.1, 0.15) is 18.9 Å². The summed E-state index contributed by atoms with van der Waals surface area (Å²) in [5.41, 5.74) is 2.54. The summed E-state index contributed by atoms with van der Waals surface area (Å²) in [6.45, 7) is 1.93. The predicted octanol–water partition coefficient (Wildman–Crippen LogP) is 2.13. The highest BCUT2D eigenvalue weighted by Crippen LogP contribution is 2.17. The molecule has 0 saturated heterocycles. The van der Waals surface area contributed by atoms with E-state index in [0.717, 1.165) is 24.1 Å². The fraction of sp³-hybridized carbons (Fsp3) is 0.357. The number of aromatic hydroxyl groups is 1. The zero-order valence-corrected chi connectivity index (χ0v) is 11.5. The van der Waals surface area contributed by atoms with E-state index in [4.69, 9.17) is 12.2 Å². The quantitative estimate of drug-likeness (QED) is 0.810. The Bertz CT molecular complexity index is 535. The van der Waals surface area contributed by atoms with Gasteiger partial charge in [0.25, 0.3) is 0 Å². The van der Waals surface area contributed by atoms with Gasteiger partial charge in [0.2, 0.25) is 5.11 Å². The van der Waals surface area contributed by atoms with Crippen molar-refractivity contribution in [1.82, 2.24) is 0 Å². The molecule has 0 fully saturated rings. The number of thiocarbonyl (C=S) groups is 1. The molecule has 1 aliphatic heterocycles. The van der Waals surface area contributed by atoms with E-state index < -0.39 is 0 Å². The molecule has 0 spiro atoms. The lowest BCUT2D eigenvalue weighted by atomic mass is 9.94. The van der Waals surface area contributed by atoms with Crippen molar-refractivity contribution < 1.29 is 10.2 Å². The van der Waals surface area contributed by atoms with Gasteiger partial charge in [-0.25, -0.2) is 9.98 Å². The van der Waals surface area contributed by atoms with Gasteiger partial charge in [-0.2, -0.15) is 0 Å². The molecular weight excluding hydrogens is 260 g/mol. The molecule has 19 heavy (non-hydrogen) atoms. The molecule has 100 valence electrons. The molecule has 4 nitrogen and oxygen atoms in total. The van der Waals surface area contributed by atoms with Crippen molar-refractivity contribution in [2.45, 2.75) is 19.8 Å². The summed E-state index contributed by atoms with van der Waals surface area (Å²) in [5.74, 6) is 0.470. The smallest absolute Gasteiger partial charge is 0.219 e. The number of aliphatic hydroxyl groups is 1. The van der Waals surface area contributed by atoms with Gasteiger partial charge < -0.3 is 10.2 Å². The number of benzene rings is 1. The Balaban J connectivity index is 1.97. The number of aliphatic imine (C=N–C) groups is 2. The third-order valence-corrected chi connectivity index (χ3v) is 3.34. The number of aliphatic hydroxyl groups excluding tert-OH is 1. The van der Waals surface area contributed by atoms with Crippen LogP contribution in [-0.2, 0) is 6.42 Å². The van der Waals surface area contributed by atoms with Crippen LogP contribution in [0.25, 0.3) is 0 Å². The molecule has 0 amide bonds. The Hall–Kier alpha value is -1.59. The topological polar surface area (TPSA) is 65.2 Å². The first-order valence-electron chi connectivity index (χ1n) is 6.19. The maximum absolute atomic E-state index is 9.23. The van der Waals surface area contributed by atoms with Crippen molar-refractivity contribution >= 4 is 28.8 Å². The fourth-order valence-corrected chi connectivity index (χ4v) is 2.27. The van der Waals surface area contributed by atoms with Gasteiger partial charge in [0.1, 0.15) is 5.75 Å². The molecule has 2 N–H and O–H groups in total. The number of phenols is 1. The van der Waals surface area contributed by atoms with Crippen molar-refractivity contribution in [3.05, 3.63) is 29.8 Å². The number of hydrogen-bond donors (Lipinski definition) is 2. The second-order valence-corrected chi connectivity index (χ2v) is 4.97. The van der Waals surface area contributed by atoms with Crippen LogP contribution in [0.4, 0.5) is 0 Å². The van der Waals surface area contributed by atoms with Crippen molar-refractivity contribution in [1.29, 1.82) is 0 Å². The van der Waals surface area contributed by atoms with Gasteiger partial charge in [0.05, 0.1) is 18.0 Å². The van der Waals surface area contributed by atoms with Crippen LogP contribution in [-0.4, -0.2) is 33.4 Å². The third-order valence-electron chi connectivity index (χ3n) is 3.16. The standard InChI is InChI=1S/C14H16N2O2S/c1-9(13-12(8-17)15-14(19)16-13)2-3-10-4-6-11(18)7-5-10/h4-7,9,17-18H,2-3,8H2,1H3. The fourth-order valence-electron chi connectivity index (χ4n) is 2.06. The highest BCUT2D eigenvalue weighted by atomic mass is 32.1. The first kappa shape index (κ1) is 13.8. The molecule has 1 aromatic rings. The molecule has 1 aromatic carbocycles. The second kappa shape index (κ2) is 6.04. The number of nitrogens with zero attached hydrogens (tertiary/aromatic N) is 2. The molecule has 0 aliphatic carbocycles. The highest BCUT2D eigenvalue weighted by Gasteiger charge is 2.21. The lowest BCUT2D eigenvalue weighted by molar-refractivity contribution is 0.359. The van der Waals surface area contributed by atoms with Crippen LogP contribution < -0.4 is 0 Å². The molecule has 5 heteroatoms. The van der Waals surface area contributed by atoms with Gasteiger partial charge in [-0.3, -0.25) is 0 Å². The minimum Gasteiger partial charge on any atom is -0.508 e. The molecule has 1 unspecified atom stereocenters. The molecular formula is C14H16N2O2S. The SMILES string of the molecule is CC(CCc1ccc(O)cc1)C1=NC(=S)N=C1CO. The molecule has 0 aromatic heterocycles. The van der Waals surface area contributed by atoms with E-state index in [1.807, 2.05) is 12.1 Å². The van der Waals surface area contributed by atoms with E-state index in [0.29, 0.717) is 10.8 Å². The highest BCUT2D eigenvalue weighted by molar-refractivity contribution is 7.80. The summed E-state index contributed by atoms with van der Waals surface area (Å²) in [4.78, 5) is 8.25. The van der Waals surface area contributed by atoms with Crippen LogP contribution in [0.3, 0.4) is 0 Å². The Labute approximate surface area is 117 Å². The Morgan fingerprint density at radius 1 is 1.21 bits per heavy atom. The zero-order chi connectivity index (χ0) is 13.8. The summed E-state index contributed by atoms with van der Waals surface area (Å²) in [6, 6.07) is 7.18. The third kappa shape index (κ3) is 3.45. The zero-order valence-electron chi connectivity index (χ0n) is 10.7. The van der Waals surface area contributed by atoms with Gasteiger partial charge >= 0.3 is 0 Å². The minimum atomic E-state index is -0.122. The maximum atomic E-state index is 9.23. The molecule has 2 rings (SSSR count). The summed E-state index contributed by atoms with van der Waals surface area (Å²) >= 11 is 4.94. The molecule has 1 aliphatic rings. The Kier molecular flexibility index (Phi) is 4.39. The average molecular weight is 276 g/mol. The molecule has 0 bridgehead atoms. The summed E-state index contributed by atoms with van der Waals surface area (Å²) in [5, 5.41) is 18.7. The van der Waals surface area contributed by atoms with E-state index in [-0.39, 0.29) is 18.3 Å². The minimum absolute atomic E-state index is 0.122. The number of hydrogen-bond acceptors (Lipinski definition) is 3. The lowest BCUT2D eigenvalue weighted by Crippen LogP contribution is -2.23. The van der Waals surface area contributed by atoms with Crippen molar-refractivity contribution in [3.63, 3.8) is 0 Å². The first-order valence-corrected chi connectivity index (χ1v) is 6.60. The van der Waals surface area contributed by atoms with E-state index in [1.165, 1.54) is 0 Å². The van der Waals surface area contributed by atoms with Gasteiger partial charge in [-0.1, -0.05) is 19.1 Å². The van der Waals surface area contributed by atoms with Crippen LogP contribution in [0.5, 0.6) is 5.75 Å². The van der Waals surface area contributed by atoms with E-state index in [2.05, 4.69) is 16.9 Å². The van der Waals surface area contributed by atoms with Gasteiger partial charge in [-0.05, 0) is 42.8 Å². The lowest BCUT2D eigenvalue weighted by Gasteiger charge is -2.12. The number of phenolic OH excluding ortho intramolecular Hbond substituents is 1.